The lowest BCUT2D eigenvalue weighted by molar-refractivity contribution is -0.137. The van der Waals surface area contributed by atoms with Gasteiger partial charge in [0.05, 0.1) is 23.3 Å². The number of benzene rings is 2. The Morgan fingerprint density at radius 2 is 1.65 bits per heavy atom. The summed E-state index contributed by atoms with van der Waals surface area (Å²) in [6.07, 6.45) is -4.40. The zero-order chi connectivity index (χ0) is 16.6. The summed E-state index contributed by atoms with van der Waals surface area (Å²) in [5.41, 5.74) is 6.05. The van der Waals surface area contributed by atoms with E-state index in [1.165, 1.54) is 30.3 Å². The van der Waals surface area contributed by atoms with E-state index in [1.54, 1.807) is 0 Å². The van der Waals surface area contributed by atoms with Gasteiger partial charge in [0.25, 0.3) is 0 Å². The molecule has 118 valence electrons. The van der Waals surface area contributed by atoms with Gasteiger partial charge in [0.1, 0.15) is 11.6 Å². The first-order valence-electron chi connectivity index (χ1n) is 6.72. The van der Waals surface area contributed by atoms with Crippen molar-refractivity contribution in [2.75, 3.05) is 0 Å². The van der Waals surface area contributed by atoms with Gasteiger partial charge in [0.2, 0.25) is 0 Å². The molecule has 0 aliphatic heterocycles. The molecule has 2 N–H and O–H groups in total. The molecule has 3 rings (SSSR count). The van der Waals surface area contributed by atoms with E-state index in [2.05, 4.69) is 9.97 Å². The Hall–Kier alpha value is -2.54. The van der Waals surface area contributed by atoms with E-state index in [4.69, 9.17) is 5.73 Å². The van der Waals surface area contributed by atoms with Crippen molar-refractivity contribution in [1.29, 1.82) is 0 Å². The van der Waals surface area contributed by atoms with Crippen LogP contribution in [0.2, 0.25) is 0 Å². The highest BCUT2D eigenvalue weighted by Gasteiger charge is 2.30. The molecular weight excluding hydrogens is 310 g/mol. The molecule has 7 heteroatoms. The fourth-order valence-electron chi connectivity index (χ4n) is 2.28. The molecule has 3 aromatic rings. The number of fused-ring (bicyclic) bond motifs is 1. The molecule has 2 aromatic carbocycles. The smallest absolute Gasteiger partial charge is 0.324 e. The van der Waals surface area contributed by atoms with Gasteiger partial charge in [0.15, 0.2) is 0 Å². The van der Waals surface area contributed by atoms with Crippen LogP contribution in [-0.4, -0.2) is 9.97 Å². The molecule has 0 spiro atoms. The van der Waals surface area contributed by atoms with Crippen LogP contribution in [-0.2, 0) is 12.7 Å². The second kappa shape index (κ2) is 5.58. The summed E-state index contributed by atoms with van der Waals surface area (Å²) in [4.78, 5) is 8.41. The van der Waals surface area contributed by atoms with Crippen LogP contribution in [0.1, 0.15) is 11.4 Å². The van der Waals surface area contributed by atoms with Gasteiger partial charge in [-0.05, 0) is 24.3 Å². The minimum absolute atomic E-state index is 0.0418. The van der Waals surface area contributed by atoms with Crippen LogP contribution in [0.3, 0.4) is 0 Å². The van der Waals surface area contributed by atoms with E-state index in [-0.39, 0.29) is 12.4 Å². The molecule has 0 bridgehead atoms. The van der Waals surface area contributed by atoms with Gasteiger partial charge in [-0.3, -0.25) is 0 Å². The normalized spacial score (nSPS) is 11.9. The molecule has 0 atom stereocenters. The maximum Gasteiger partial charge on any atom is 0.416 e. The van der Waals surface area contributed by atoms with Crippen LogP contribution >= 0.6 is 0 Å². The zero-order valence-corrected chi connectivity index (χ0v) is 11.7. The third kappa shape index (κ3) is 3.00. The molecule has 0 saturated carbocycles. The zero-order valence-electron chi connectivity index (χ0n) is 11.7. The number of rotatable bonds is 2. The molecule has 0 saturated heterocycles. The first-order chi connectivity index (χ1) is 10.9. The fourth-order valence-corrected chi connectivity index (χ4v) is 2.28. The molecule has 23 heavy (non-hydrogen) atoms. The summed E-state index contributed by atoms with van der Waals surface area (Å²) in [5, 5.41) is 0.545. The summed E-state index contributed by atoms with van der Waals surface area (Å²) >= 11 is 0. The maximum atomic E-state index is 13.4. The number of hydrogen-bond acceptors (Lipinski definition) is 3. The lowest BCUT2D eigenvalue weighted by Crippen LogP contribution is -2.06. The minimum atomic E-state index is -4.40. The van der Waals surface area contributed by atoms with Crippen LogP contribution < -0.4 is 5.73 Å². The predicted octanol–water partition coefficient (Wildman–Crippen LogP) is 3.91. The van der Waals surface area contributed by atoms with Gasteiger partial charge in [-0.25, -0.2) is 14.4 Å². The molecule has 1 heterocycles. The molecule has 3 nitrogen and oxygen atoms in total. The van der Waals surface area contributed by atoms with Gasteiger partial charge in [-0.2, -0.15) is 13.2 Å². The van der Waals surface area contributed by atoms with E-state index in [0.29, 0.717) is 22.2 Å². The summed E-state index contributed by atoms with van der Waals surface area (Å²) in [5.74, 6) is -0.171. The molecule has 0 radical (unpaired) electrons. The van der Waals surface area contributed by atoms with Crippen molar-refractivity contribution in [3.8, 4) is 11.3 Å². The maximum absolute atomic E-state index is 13.4. The van der Waals surface area contributed by atoms with Crippen LogP contribution in [0, 0.1) is 5.82 Å². The van der Waals surface area contributed by atoms with Crippen LogP contribution in [0.25, 0.3) is 22.2 Å². The highest BCUT2D eigenvalue weighted by atomic mass is 19.4. The van der Waals surface area contributed by atoms with Gasteiger partial charge in [-0.1, -0.05) is 12.1 Å². The van der Waals surface area contributed by atoms with Crippen molar-refractivity contribution in [2.45, 2.75) is 12.7 Å². The average Bonchev–Trinajstić information content (AvgIpc) is 2.52. The van der Waals surface area contributed by atoms with Gasteiger partial charge >= 0.3 is 6.18 Å². The second-order valence-electron chi connectivity index (χ2n) is 4.93. The van der Waals surface area contributed by atoms with Gasteiger partial charge in [-0.15, -0.1) is 0 Å². The van der Waals surface area contributed by atoms with E-state index in [1.807, 2.05) is 0 Å². The van der Waals surface area contributed by atoms with E-state index < -0.39 is 17.6 Å². The number of aromatic nitrogens is 2. The summed E-state index contributed by atoms with van der Waals surface area (Å²) in [6.45, 7) is 0.0418. The van der Waals surface area contributed by atoms with Crippen molar-refractivity contribution < 1.29 is 17.6 Å². The lowest BCUT2D eigenvalue weighted by Gasteiger charge is -2.10. The number of hydrogen-bond donors (Lipinski definition) is 1. The quantitative estimate of drug-likeness (QED) is 0.728. The van der Waals surface area contributed by atoms with Crippen LogP contribution in [0.5, 0.6) is 0 Å². The topological polar surface area (TPSA) is 51.8 Å². The number of nitrogens with two attached hydrogens (primary N) is 1. The first kappa shape index (κ1) is 15.4. The van der Waals surface area contributed by atoms with Crippen molar-refractivity contribution in [1.82, 2.24) is 9.97 Å². The third-order valence-corrected chi connectivity index (χ3v) is 3.37. The highest BCUT2D eigenvalue weighted by molar-refractivity contribution is 5.92. The second-order valence-corrected chi connectivity index (χ2v) is 4.93. The van der Waals surface area contributed by atoms with E-state index >= 15 is 0 Å². The monoisotopic (exact) mass is 321 g/mol. The van der Waals surface area contributed by atoms with E-state index in [9.17, 15) is 17.6 Å². The summed E-state index contributed by atoms with van der Waals surface area (Å²) in [6, 6.07) is 8.61. The highest BCUT2D eigenvalue weighted by Crippen LogP contribution is 2.32. The Balaban J connectivity index is 2.18. The largest absolute Gasteiger partial charge is 0.416 e. The Morgan fingerprint density at radius 3 is 2.26 bits per heavy atom. The first-order valence-corrected chi connectivity index (χ1v) is 6.72. The molecule has 0 fully saturated rings. The molecule has 0 aliphatic carbocycles. The molecule has 0 unspecified atom stereocenters. The van der Waals surface area contributed by atoms with Crippen molar-refractivity contribution >= 4 is 10.9 Å². The number of alkyl halides is 3. The van der Waals surface area contributed by atoms with Crippen LogP contribution in [0.15, 0.2) is 42.5 Å². The van der Waals surface area contributed by atoms with Crippen molar-refractivity contribution in [2.24, 2.45) is 5.73 Å². The minimum Gasteiger partial charge on any atom is -0.324 e. The molecular formula is C16H11F4N3. The summed E-state index contributed by atoms with van der Waals surface area (Å²) < 4.78 is 51.3. The number of nitrogens with zero attached hydrogens (tertiary/aromatic N) is 2. The molecule has 0 amide bonds. The van der Waals surface area contributed by atoms with Gasteiger partial charge < -0.3 is 5.73 Å². The molecule has 0 aliphatic rings. The summed E-state index contributed by atoms with van der Waals surface area (Å²) in [7, 11) is 0. The van der Waals surface area contributed by atoms with Gasteiger partial charge in [0, 0.05) is 17.0 Å². The SMILES string of the molecule is NCc1nc(-c2ccc(C(F)(F)F)cc2)c2ccc(F)cc2n1. The molecule has 1 aromatic heterocycles. The number of halogens is 4. The van der Waals surface area contributed by atoms with Crippen molar-refractivity contribution in [3.05, 3.63) is 59.7 Å². The standard InChI is InChI=1S/C16H11F4N3/c17-11-5-6-12-13(7-11)22-14(8-21)23-15(12)9-1-3-10(4-2-9)16(18,19)20/h1-7H,8,21H2. The predicted molar refractivity (Wildman–Crippen MR) is 77.8 cm³/mol. The fraction of sp³-hybridized carbons (Fsp3) is 0.125. The Kier molecular flexibility index (Phi) is 3.73. The van der Waals surface area contributed by atoms with Crippen molar-refractivity contribution in [3.63, 3.8) is 0 Å². The van der Waals surface area contributed by atoms with E-state index in [0.717, 1.165) is 12.1 Å². The Bertz CT molecular complexity index is 858. The third-order valence-electron chi connectivity index (χ3n) is 3.37. The average molecular weight is 321 g/mol. The Labute approximate surface area is 128 Å². The van der Waals surface area contributed by atoms with Crippen LogP contribution in [0.4, 0.5) is 17.6 Å². The Morgan fingerprint density at radius 1 is 0.957 bits per heavy atom. The lowest BCUT2D eigenvalue weighted by atomic mass is 10.0.